The van der Waals surface area contributed by atoms with Crippen molar-refractivity contribution in [3.63, 3.8) is 0 Å². The van der Waals surface area contributed by atoms with Crippen LogP contribution in [-0.2, 0) is 28.6 Å². The molecule has 0 aliphatic carbocycles. The third-order valence-electron chi connectivity index (χ3n) is 8.28. The Morgan fingerprint density at radius 1 is 0.951 bits per heavy atom. The van der Waals surface area contributed by atoms with Crippen LogP contribution in [0.5, 0.6) is 11.5 Å². The number of hydrogen-bond donors (Lipinski definition) is 4. The molecule has 0 aromatic heterocycles. The van der Waals surface area contributed by atoms with Gasteiger partial charge in [0.25, 0.3) is 0 Å². The van der Waals surface area contributed by atoms with Crippen molar-refractivity contribution in [1.82, 2.24) is 10.6 Å². The fourth-order valence-electron chi connectivity index (χ4n) is 4.61. The number of aromatic hydroxyl groups is 2. The highest BCUT2D eigenvalue weighted by Gasteiger charge is 2.39. The number of carbonyl (C=O) groups excluding carboxylic acids is 1. The molecule has 3 aromatic rings. The lowest BCUT2D eigenvalue weighted by atomic mass is 10.0. The van der Waals surface area contributed by atoms with E-state index >= 15 is 0 Å². The van der Waals surface area contributed by atoms with E-state index in [9.17, 15) is 15.0 Å². The SMILES string of the molecule is Cc1cccc(CNC(=O)Cc2cccc(CC(C)NCC(O[Si](C)(C)C(C)(C)C)c3cc(O)cc(O)c3)c2)c1C. The molecule has 0 saturated heterocycles. The van der Waals surface area contributed by atoms with Crippen molar-refractivity contribution < 1.29 is 19.4 Å². The minimum absolute atomic E-state index is 0.00853. The molecule has 1 amide bonds. The highest BCUT2D eigenvalue weighted by molar-refractivity contribution is 6.74. The molecule has 4 N–H and O–H groups in total. The maximum atomic E-state index is 12.7. The second kappa shape index (κ2) is 13.7. The van der Waals surface area contributed by atoms with Crippen LogP contribution in [0.3, 0.4) is 0 Å². The molecule has 3 aromatic carbocycles. The molecule has 3 rings (SSSR count). The molecule has 0 spiro atoms. The second-order valence-corrected chi connectivity index (χ2v) is 17.6. The molecular formula is C34H48N2O4Si. The largest absolute Gasteiger partial charge is 0.508 e. The third-order valence-corrected chi connectivity index (χ3v) is 12.8. The monoisotopic (exact) mass is 576 g/mol. The molecule has 7 heteroatoms. The number of carbonyl (C=O) groups is 1. The Hall–Kier alpha value is -3.13. The summed E-state index contributed by atoms with van der Waals surface area (Å²) in [5, 5.41) is 26.9. The average Bonchev–Trinajstić information content (AvgIpc) is 2.86. The number of benzene rings is 3. The molecule has 0 bridgehead atoms. The summed E-state index contributed by atoms with van der Waals surface area (Å²) >= 11 is 0. The standard InChI is InChI=1S/C34H48N2O4Si/c1-23-11-9-14-28(25(23)3)21-36-33(39)17-27-13-10-12-26(16-27)15-24(2)35-22-32(40-41(7,8)34(4,5)6)29-18-30(37)20-31(38)19-29/h9-14,16,18-20,24,32,35,37-38H,15,17,21-22H2,1-8H3,(H,36,39). The number of nitrogens with one attached hydrogen (secondary N) is 2. The Morgan fingerprint density at radius 2 is 1.59 bits per heavy atom. The van der Waals surface area contributed by atoms with E-state index in [0.717, 1.165) is 28.7 Å². The van der Waals surface area contributed by atoms with Gasteiger partial charge in [0, 0.05) is 25.2 Å². The zero-order chi connectivity index (χ0) is 30.4. The summed E-state index contributed by atoms with van der Waals surface area (Å²) in [6.07, 6.45) is 0.809. The minimum Gasteiger partial charge on any atom is -0.508 e. The maximum Gasteiger partial charge on any atom is 0.224 e. The van der Waals surface area contributed by atoms with Gasteiger partial charge in [-0.25, -0.2) is 0 Å². The van der Waals surface area contributed by atoms with E-state index in [-0.39, 0.29) is 34.6 Å². The first-order valence-corrected chi connectivity index (χ1v) is 17.4. The van der Waals surface area contributed by atoms with Gasteiger partial charge in [-0.3, -0.25) is 4.79 Å². The molecule has 0 saturated carbocycles. The predicted octanol–water partition coefficient (Wildman–Crippen LogP) is 6.86. The summed E-state index contributed by atoms with van der Waals surface area (Å²) < 4.78 is 6.74. The van der Waals surface area contributed by atoms with Gasteiger partial charge in [0.2, 0.25) is 5.91 Å². The normalized spacial score (nSPS) is 13.6. The fourth-order valence-corrected chi connectivity index (χ4v) is 5.89. The number of aryl methyl sites for hydroxylation is 1. The molecule has 2 unspecified atom stereocenters. The predicted molar refractivity (Wildman–Crippen MR) is 170 cm³/mol. The lowest BCUT2D eigenvalue weighted by Crippen LogP contribution is -2.44. The molecule has 0 radical (unpaired) electrons. The minimum atomic E-state index is -2.13. The van der Waals surface area contributed by atoms with Crippen LogP contribution < -0.4 is 10.6 Å². The van der Waals surface area contributed by atoms with Crippen LogP contribution in [0.25, 0.3) is 0 Å². The van der Waals surface area contributed by atoms with Crippen LogP contribution in [0.15, 0.2) is 60.7 Å². The van der Waals surface area contributed by atoms with E-state index in [1.165, 1.54) is 17.2 Å². The van der Waals surface area contributed by atoms with E-state index < -0.39 is 8.32 Å². The number of phenols is 2. The fraction of sp³-hybridized carbons (Fsp3) is 0.441. The van der Waals surface area contributed by atoms with Crippen LogP contribution in [0.2, 0.25) is 18.1 Å². The van der Waals surface area contributed by atoms with Gasteiger partial charge in [-0.2, -0.15) is 0 Å². The van der Waals surface area contributed by atoms with Crippen molar-refractivity contribution in [2.75, 3.05) is 6.54 Å². The Bertz CT molecular complexity index is 1310. The first-order valence-electron chi connectivity index (χ1n) is 14.5. The average molecular weight is 577 g/mol. The molecule has 2 atom stereocenters. The second-order valence-electron chi connectivity index (χ2n) is 12.8. The highest BCUT2D eigenvalue weighted by atomic mass is 28.4. The topological polar surface area (TPSA) is 90.8 Å². The Morgan fingerprint density at radius 3 is 2.24 bits per heavy atom. The van der Waals surface area contributed by atoms with Crippen molar-refractivity contribution in [2.45, 2.75) is 91.2 Å². The van der Waals surface area contributed by atoms with Crippen LogP contribution in [0, 0.1) is 13.8 Å². The van der Waals surface area contributed by atoms with Crippen molar-refractivity contribution in [1.29, 1.82) is 0 Å². The molecule has 6 nitrogen and oxygen atoms in total. The van der Waals surface area contributed by atoms with Crippen LogP contribution >= 0.6 is 0 Å². The summed E-state index contributed by atoms with van der Waals surface area (Å²) in [7, 11) is -2.13. The van der Waals surface area contributed by atoms with Gasteiger partial charge < -0.3 is 25.3 Å². The number of phenolic OH excluding ortho intramolecular Hbond substituents is 2. The number of rotatable bonds is 12. The van der Waals surface area contributed by atoms with Crippen LogP contribution in [-0.4, -0.2) is 37.0 Å². The van der Waals surface area contributed by atoms with Gasteiger partial charge in [0.1, 0.15) is 11.5 Å². The van der Waals surface area contributed by atoms with Gasteiger partial charge in [0.15, 0.2) is 8.32 Å². The van der Waals surface area contributed by atoms with Gasteiger partial charge in [-0.1, -0.05) is 63.2 Å². The summed E-state index contributed by atoms with van der Waals surface area (Å²) in [6, 6.07) is 19.2. The summed E-state index contributed by atoms with van der Waals surface area (Å²) in [5.41, 5.74) is 6.48. The molecule has 222 valence electrons. The van der Waals surface area contributed by atoms with Crippen molar-refractivity contribution >= 4 is 14.2 Å². The number of amides is 1. The van der Waals surface area contributed by atoms with Gasteiger partial charge in [-0.15, -0.1) is 0 Å². The molecule has 0 aliphatic rings. The molecule has 0 fully saturated rings. The van der Waals surface area contributed by atoms with E-state index in [1.807, 2.05) is 18.2 Å². The van der Waals surface area contributed by atoms with Crippen LogP contribution in [0.1, 0.15) is 67.2 Å². The summed E-state index contributed by atoms with van der Waals surface area (Å²) in [5.74, 6) is 0.0488. The van der Waals surface area contributed by atoms with E-state index in [0.29, 0.717) is 19.5 Å². The molecule has 0 heterocycles. The van der Waals surface area contributed by atoms with E-state index in [2.05, 4.69) is 89.5 Å². The van der Waals surface area contributed by atoms with Crippen molar-refractivity contribution in [3.8, 4) is 11.5 Å². The molecule has 41 heavy (non-hydrogen) atoms. The molecular weight excluding hydrogens is 528 g/mol. The lowest BCUT2D eigenvalue weighted by molar-refractivity contribution is -0.120. The Labute approximate surface area is 247 Å². The quantitative estimate of drug-likeness (QED) is 0.177. The first kappa shape index (κ1) is 32.4. The number of hydrogen-bond acceptors (Lipinski definition) is 5. The van der Waals surface area contributed by atoms with Crippen LogP contribution in [0.4, 0.5) is 0 Å². The van der Waals surface area contributed by atoms with Crippen molar-refractivity contribution in [3.05, 3.63) is 94.0 Å². The molecule has 0 aliphatic heterocycles. The first-order chi connectivity index (χ1) is 19.1. The Kier molecular flexibility index (Phi) is 10.8. The zero-order valence-corrected chi connectivity index (χ0v) is 27.0. The van der Waals surface area contributed by atoms with Gasteiger partial charge in [0.05, 0.1) is 12.5 Å². The third kappa shape index (κ3) is 9.45. The van der Waals surface area contributed by atoms with Crippen molar-refractivity contribution in [2.24, 2.45) is 0 Å². The lowest BCUT2D eigenvalue weighted by Gasteiger charge is -2.39. The smallest absolute Gasteiger partial charge is 0.224 e. The summed E-state index contributed by atoms with van der Waals surface area (Å²) in [4.78, 5) is 12.7. The maximum absolute atomic E-state index is 12.7. The highest BCUT2D eigenvalue weighted by Crippen LogP contribution is 2.40. The zero-order valence-electron chi connectivity index (χ0n) is 26.0. The van der Waals surface area contributed by atoms with E-state index in [4.69, 9.17) is 4.43 Å². The Balaban J connectivity index is 1.62. The van der Waals surface area contributed by atoms with E-state index in [1.54, 1.807) is 12.1 Å². The van der Waals surface area contributed by atoms with Gasteiger partial charge in [-0.05, 0) is 90.8 Å². The summed E-state index contributed by atoms with van der Waals surface area (Å²) in [6.45, 7) is 18.4. The van der Waals surface area contributed by atoms with Gasteiger partial charge >= 0.3 is 0 Å².